The van der Waals surface area contributed by atoms with Gasteiger partial charge in [-0.2, -0.15) is 0 Å². The molecule has 2 N–H and O–H groups in total. The van der Waals surface area contributed by atoms with Crippen molar-refractivity contribution >= 4 is 34.8 Å². The quantitative estimate of drug-likeness (QED) is 0.526. The lowest BCUT2D eigenvalue weighted by molar-refractivity contribution is -0.148. The third-order valence-corrected chi connectivity index (χ3v) is 4.83. The summed E-state index contributed by atoms with van der Waals surface area (Å²) in [6, 6.07) is 16.9. The van der Waals surface area contributed by atoms with Crippen molar-refractivity contribution in [1.82, 2.24) is 4.98 Å². The smallest absolute Gasteiger partial charge is 0.307 e. The summed E-state index contributed by atoms with van der Waals surface area (Å²) >= 11 is 1.67. The van der Waals surface area contributed by atoms with Gasteiger partial charge in [0, 0.05) is 5.75 Å². The number of nitrogens with zero attached hydrogens (tertiary/aromatic N) is 1. The van der Waals surface area contributed by atoms with Gasteiger partial charge in [-0.25, -0.2) is 4.98 Å². The summed E-state index contributed by atoms with van der Waals surface area (Å²) in [4.78, 5) is 25.6. The Bertz CT molecular complexity index is 861. The molecule has 0 saturated heterocycles. The second-order valence-electron chi connectivity index (χ2n) is 6.12. The lowest BCUT2D eigenvalue weighted by Gasteiger charge is -2.09. The third kappa shape index (κ3) is 7.08. The van der Waals surface area contributed by atoms with Gasteiger partial charge >= 0.3 is 11.9 Å². The van der Waals surface area contributed by atoms with Crippen LogP contribution in [0.4, 0.5) is 0 Å². The summed E-state index contributed by atoms with van der Waals surface area (Å²) < 4.78 is 5.52. The fraction of sp³-hybridized carbons (Fsp3) is 0.286. The van der Waals surface area contributed by atoms with E-state index in [2.05, 4.69) is 11.9 Å². The van der Waals surface area contributed by atoms with Crippen LogP contribution in [0, 0.1) is 5.92 Å². The summed E-state index contributed by atoms with van der Waals surface area (Å²) in [6.45, 7) is 2.15. The van der Waals surface area contributed by atoms with E-state index in [1.54, 1.807) is 36.0 Å². The minimum absolute atomic E-state index is 0.252. The summed E-state index contributed by atoms with van der Waals surface area (Å²) in [5.74, 6) is -1.95. The van der Waals surface area contributed by atoms with E-state index in [1.165, 1.54) is 0 Å². The maximum atomic E-state index is 10.8. The van der Waals surface area contributed by atoms with E-state index < -0.39 is 17.9 Å². The Morgan fingerprint density at radius 2 is 1.75 bits per heavy atom. The summed E-state index contributed by atoms with van der Waals surface area (Å²) in [5.41, 5.74) is 2.66. The number of thioether (sulfide) groups is 1. The van der Waals surface area contributed by atoms with Crippen molar-refractivity contribution < 1.29 is 24.2 Å². The number of carboxylic acids is 2. The first kappa shape index (κ1) is 21.5. The molecule has 0 bridgehead atoms. The van der Waals surface area contributed by atoms with Crippen molar-refractivity contribution in [3.05, 3.63) is 60.2 Å². The Balaban J connectivity index is 0.000000202. The van der Waals surface area contributed by atoms with Crippen LogP contribution in [0.5, 0.6) is 0 Å². The zero-order valence-electron chi connectivity index (χ0n) is 15.6. The van der Waals surface area contributed by atoms with Gasteiger partial charge in [0.2, 0.25) is 0 Å². The Hall–Kier alpha value is -2.80. The molecule has 0 amide bonds. The first-order valence-electron chi connectivity index (χ1n) is 8.96. The second-order valence-corrected chi connectivity index (χ2v) is 7.16. The zero-order valence-corrected chi connectivity index (χ0v) is 16.4. The second kappa shape index (κ2) is 11.1. The standard InChI is InChI=1S/C11H12O4.C10H11NOS/c12-10(13)7-9(11(14)15)6-8-4-2-1-3-5-8;1-2-7-13-10-11-8-5-3-4-6-9(8)12-10/h1-5,9H,6-7H2,(H,12,13)(H,14,15);3-6H,2,7H2,1H3. The average molecular weight is 401 g/mol. The first-order chi connectivity index (χ1) is 13.5. The Kier molecular flexibility index (Phi) is 8.55. The summed E-state index contributed by atoms with van der Waals surface area (Å²) in [6.07, 6.45) is 1.05. The van der Waals surface area contributed by atoms with Crippen molar-refractivity contribution in [2.75, 3.05) is 5.75 Å². The number of aliphatic carboxylic acids is 2. The molecule has 0 radical (unpaired) electrons. The Morgan fingerprint density at radius 1 is 1.07 bits per heavy atom. The number of oxazole rings is 1. The SMILES string of the molecule is CCCSc1nc2ccccc2o1.O=C(O)CC(Cc1ccccc1)C(=O)O. The van der Waals surface area contributed by atoms with E-state index in [-0.39, 0.29) is 12.8 Å². The van der Waals surface area contributed by atoms with E-state index in [0.717, 1.165) is 34.1 Å². The van der Waals surface area contributed by atoms with Gasteiger partial charge in [-0.3, -0.25) is 9.59 Å². The Labute approximate surface area is 167 Å². The van der Waals surface area contributed by atoms with E-state index in [1.807, 2.05) is 30.3 Å². The number of carboxylic acid groups (broad SMARTS) is 2. The monoisotopic (exact) mass is 401 g/mol. The van der Waals surface area contributed by atoms with Gasteiger partial charge in [-0.1, -0.05) is 61.2 Å². The lowest BCUT2D eigenvalue weighted by Crippen LogP contribution is -2.20. The maximum absolute atomic E-state index is 10.8. The number of hydrogen-bond donors (Lipinski definition) is 2. The molecule has 0 fully saturated rings. The van der Waals surface area contributed by atoms with Crippen LogP contribution < -0.4 is 0 Å². The van der Waals surface area contributed by atoms with Crippen molar-refractivity contribution in [2.24, 2.45) is 5.92 Å². The number of hydrogen-bond acceptors (Lipinski definition) is 5. The molecule has 7 heteroatoms. The topological polar surface area (TPSA) is 101 Å². The molecule has 0 spiro atoms. The lowest BCUT2D eigenvalue weighted by atomic mass is 9.96. The normalized spacial score (nSPS) is 11.5. The molecule has 0 aliphatic rings. The molecule has 2 aromatic carbocycles. The number of para-hydroxylation sites is 2. The molecule has 1 atom stereocenters. The largest absolute Gasteiger partial charge is 0.481 e. The predicted octanol–water partition coefficient (Wildman–Crippen LogP) is 4.73. The molecule has 1 aromatic heterocycles. The van der Waals surface area contributed by atoms with Crippen LogP contribution in [0.25, 0.3) is 11.1 Å². The number of carbonyl (C=O) groups is 2. The van der Waals surface area contributed by atoms with Crippen LogP contribution >= 0.6 is 11.8 Å². The van der Waals surface area contributed by atoms with Crippen LogP contribution in [0.2, 0.25) is 0 Å². The molecule has 0 aliphatic heterocycles. The minimum atomic E-state index is -1.08. The highest BCUT2D eigenvalue weighted by atomic mass is 32.2. The highest BCUT2D eigenvalue weighted by Gasteiger charge is 2.21. The van der Waals surface area contributed by atoms with Gasteiger partial charge in [0.25, 0.3) is 5.22 Å². The molecule has 0 saturated carbocycles. The minimum Gasteiger partial charge on any atom is -0.481 e. The fourth-order valence-electron chi connectivity index (χ4n) is 2.46. The van der Waals surface area contributed by atoms with Gasteiger partial charge in [-0.05, 0) is 30.5 Å². The third-order valence-electron chi connectivity index (χ3n) is 3.80. The summed E-state index contributed by atoms with van der Waals surface area (Å²) in [5, 5.41) is 18.1. The number of rotatable bonds is 8. The molecule has 148 valence electrons. The molecule has 3 aromatic rings. The molecule has 1 unspecified atom stereocenters. The van der Waals surface area contributed by atoms with E-state index in [4.69, 9.17) is 14.6 Å². The van der Waals surface area contributed by atoms with Crippen molar-refractivity contribution in [3.63, 3.8) is 0 Å². The van der Waals surface area contributed by atoms with Gasteiger partial charge < -0.3 is 14.6 Å². The van der Waals surface area contributed by atoms with E-state index >= 15 is 0 Å². The van der Waals surface area contributed by atoms with Crippen LogP contribution in [-0.2, 0) is 16.0 Å². The first-order valence-corrected chi connectivity index (χ1v) is 9.95. The molecular formula is C21H23NO5S. The van der Waals surface area contributed by atoms with Gasteiger partial charge in [-0.15, -0.1) is 0 Å². The molecule has 0 aliphatic carbocycles. The average Bonchev–Trinajstić information content (AvgIpc) is 3.10. The maximum Gasteiger partial charge on any atom is 0.307 e. The highest BCUT2D eigenvalue weighted by molar-refractivity contribution is 7.99. The van der Waals surface area contributed by atoms with Crippen molar-refractivity contribution in [2.45, 2.75) is 31.4 Å². The number of fused-ring (bicyclic) bond motifs is 1. The number of benzene rings is 2. The fourth-order valence-corrected chi connectivity index (χ4v) is 3.15. The van der Waals surface area contributed by atoms with Crippen LogP contribution in [-0.4, -0.2) is 32.9 Å². The van der Waals surface area contributed by atoms with E-state index in [0.29, 0.717) is 0 Å². The van der Waals surface area contributed by atoms with Crippen LogP contribution in [0.15, 0.2) is 64.2 Å². The van der Waals surface area contributed by atoms with Gasteiger partial charge in [0.15, 0.2) is 5.58 Å². The molecule has 28 heavy (non-hydrogen) atoms. The zero-order chi connectivity index (χ0) is 20.4. The molecule has 1 heterocycles. The van der Waals surface area contributed by atoms with Crippen LogP contribution in [0.3, 0.4) is 0 Å². The van der Waals surface area contributed by atoms with Crippen molar-refractivity contribution in [1.29, 1.82) is 0 Å². The summed E-state index contributed by atoms with van der Waals surface area (Å²) in [7, 11) is 0. The number of aromatic nitrogens is 1. The van der Waals surface area contributed by atoms with Crippen LogP contribution in [0.1, 0.15) is 25.3 Å². The molecular weight excluding hydrogens is 378 g/mol. The van der Waals surface area contributed by atoms with E-state index in [9.17, 15) is 9.59 Å². The van der Waals surface area contributed by atoms with Gasteiger partial charge in [0.1, 0.15) is 5.52 Å². The van der Waals surface area contributed by atoms with Gasteiger partial charge in [0.05, 0.1) is 12.3 Å². The molecule has 3 rings (SSSR count). The van der Waals surface area contributed by atoms with Crippen molar-refractivity contribution in [3.8, 4) is 0 Å². The molecule has 6 nitrogen and oxygen atoms in total. The highest BCUT2D eigenvalue weighted by Crippen LogP contribution is 2.23. The predicted molar refractivity (Wildman–Crippen MR) is 109 cm³/mol. The Morgan fingerprint density at radius 3 is 2.36 bits per heavy atom.